The molecule has 0 saturated heterocycles. The van der Waals surface area contributed by atoms with Crippen molar-refractivity contribution in [3.05, 3.63) is 59.2 Å². The molecule has 0 aromatic heterocycles. The van der Waals surface area contributed by atoms with Gasteiger partial charge in [0.2, 0.25) is 0 Å². The number of aryl methyl sites for hydroxylation is 2. The van der Waals surface area contributed by atoms with Crippen LogP contribution in [0.5, 0.6) is 0 Å². The van der Waals surface area contributed by atoms with Crippen LogP contribution in [0.15, 0.2) is 47.6 Å². The number of rotatable bonds is 2. The van der Waals surface area contributed by atoms with Crippen molar-refractivity contribution in [1.82, 2.24) is 0 Å². The van der Waals surface area contributed by atoms with E-state index in [0.717, 1.165) is 35.6 Å². The Kier molecular flexibility index (Phi) is 3.18. The van der Waals surface area contributed by atoms with Gasteiger partial charge in [-0.3, -0.25) is 5.01 Å². The van der Waals surface area contributed by atoms with Gasteiger partial charge in [-0.05, 0) is 38.1 Å². The molecule has 1 aliphatic heterocycles. The Morgan fingerprint density at radius 3 is 2.45 bits per heavy atom. The predicted octanol–water partition coefficient (Wildman–Crippen LogP) is 3.50. The third-order valence-corrected chi connectivity index (χ3v) is 3.65. The molecule has 0 atom stereocenters. The Labute approximate surface area is 119 Å². The highest BCUT2D eigenvalue weighted by molar-refractivity contribution is 6.06. The summed E-state index contributed by atoms with van der Waals surface area (Å²) in [6.45, 7) is 5.08. The summed E-state index contributed by atoms with van der Waals surface area (Å²) in [6.07, 6.45) is 0.932. The molecule has 1 heterocycles. The van der Waals surface area contributed by atoms with Crippen LogP contribution >= 0.6 is 0 Å². The molecule has 3 heteroatoms. The smallest absolute Gasteiger partial charge is 0.0721 e. The van der Waals surface area contributed by atoms with Crippen molar-refractivity contribution >= 4 is 17.1 Å². The summed E-state index contributed by atoms with van der Waals surface area (Å²) in [5, 5.41) is 6.78. The van der Waals surface area contributed by atoms with Gasteiger partial charge in [0.25, 0.3) is 0 Å². The molecule has 0 saturated carbocycles. The van der Waals surface area contributed by atoms with Crippen LogP contribution in [-0.2, 0) is 0 Å². The van der Waals surface area contributed by atoms with Gasteiger partial charge in [0, 0.05) is 24.2 Å². The fourth-order valence-corrected chi connectivity index (χ4v) is 2.47. The van der Waals surface area contributed by atoms with Crippen LogP contribution in [-0.4, -0.2) is 12.3 Å². The van der Waals surface area contributed by atoms with E-state index >= 15 is 0 Å². The van der Waals surface area contributed by atoms with Crippen LogP contribution in [0.3, 0.4) is 0 Å². The monoisotopic (exact) mass is 265 g/mol. The normalized spacial score (nSPS) is 14.5. The molecule has 0 unspecified atom stereocenters. The first-order valence-corrected chi connectivity index (χ1v) is 6.92. The Bertz CT molecular complexity index is 656. The molecule has 20 heavy (non-hydrogen) atoms. The van der Waals surface area contributed by atoms with Gasteiger partial charge in [0.15, 0.2) is 0 Å². The maximum atomic E-state index is 6.07. The molecular formula is C17H19N3. The lowest BCUT2D eigenvalue weighted by molar-refractivity contribution is 0.921. The summed E-state index contributed by atoms with van der Waals surface area (Å²) in [5.41, 5.74) is 12.6. The standard InChI is InChI=1S/C17H19N3/c1-12-3-6-14(7-4-12)20-10-9-17(19-20)15-11-13(2)5-8-16(15)18/h3-8,11H,9-10,18H2,1-2H3. The summed E-state index contributed by atoms with van der Waals surface area (Å²) in [5.74, 6) is 0. The Morgan fingerprint density at radius 1 is 1.00 bits per heavy atom. The SMILES string of the molecule is Cc1ccc(N2CCC(c3cc(C)ccc3N)=N2)cc1. The first-order valence-electron chi connectivity index (χ1n) is 6.92. The van der Waals surface area contributed by atoms with Crippen LogP contribution in [0.1, 0.15) is 23.1 Å². The lowest BCUT2D eigenvalue weighted by Crippen LogP contribution is -2.11. The highest BCUT2D eigenvalue weighted by Gasteiger charge is 2.18. The van der Waals surface area contributed by atoms with E-state index < -0.39 is 0 Å². The van der Waals surface area contributed by atoms with Crippen LogP contribution in [0, 0.1) is 13.8 Å². The molecule has 0 fully saturated rings. The summed E-state index contributed by atoms with van der Waals surface area (Å²) < 4.78 is 0. The molecular weight excluding hydrogens is 246 g/mol. The highest BCUT2D eigenvalue weighted by atomic mass is 15.5. The van der Waals surface area contributed by atoms with E-state index in [2.05, 4.69) is 49.2 Å². The second kappa shape index (κ2) is 5.00. The van der Waals surface area contributed by atoms with Gasteiger partial charge in [-0.2, -0.15) is 5.10 Å². The second-order valence-corrected chi connectivity index (χ2v) is 5.35. The van der Waals surface area contributed by atoms with E-state index in [4.69, 9.17) is 10.8 Å². The first kappa shape index (κ1) is 12.7. The van der Waals surface area contributed by atoms with Crippen molar-refractivity contribution in [1.29, 1.82) is 0 Å². The third kappa shape index (κ3) is 2.39. The van der Waals surface area contributed by atoms with Crippen molar-refractivity contribution in [2.24, 2.45) is 5.10 Å². The van der Waals surface area contributed by atoms with Gasteiger partial charge in [-0.1, -0.05) is 29.3 Å². The molecule has 0 amide bonds. The van der Waals surface area contributed by atoms with E-state index in [0.29, 0.717) is 0 Å². The van der Waals surface area contributed by atoms with E-state index in [1.54, 1.807) is 0 Å². The Balaban J connectivity index is 1.91. The van der Waals surface area contributed by atoms with E-state index in [1.165, 1.54) is 11.1 Å². The number of anilines is 2. The van der Waals surface area contributed by atoms with Crippen LogP contribution < -0.4 is 10.7 Å². The Morgan fingerprint density at radius 2 is 1.70 bits per heavy atom. The Hall–Kier alpha value is -2.29. The molecule has 1 aliphatic rings. The first-order chi connectivity index (χ1) is 9.63. The molecule has 2 aromatic rings. The number of nitrogens with zero attached hydrogens (tertiary/aromatic N) is 2. The van der Waals surface area contributed by atoms with E-state index in [1.807, 2.05) is 12.1 Å². The number of hydrazone groups is 1. The summed E-state index contributed by atoms with van der Waals surface area (Å²) in [7, 11) is 0. The topological polar surface area (TPSA) is 41.6 Å². The van der Waals surface area contributed by atoms with Gasteiger partial charge in [-0.25, -0.2) is 0 Å². The van der Waals surface area contributed by atoms with Gasteiger partial charge >= 0.3 is 0 Å². The predicted molar refractivity (Wildman–Crippen MR) is 85.3 cm³/mol. The van der Waals surface area contributed by atoms with Gasteiger partial charge in [0.05, 0.1) is 11.4 Å². The van der Waals surface area contributed by atoms with Crippen LogP contribution in [0.25, 0.3) is 0 Å². The molecule has 3 rings (SSSR count). The minimum absolute atomic E-state index is 0.806. The van der Waals surface area contributed by atoms with Crippen LogP contribution in [0.2, 0.25) is 0 Å². The van der Waals surface area contributed by atoms with Gasteiger partial charge in [0.1, 0.15) is 0 Å². The number of nitrogens with two attached hydrogens (primary N) is 1. The molecule has 0 radical (unpaired) electrons. The van der Waals surface area contributed by atoms with Gasteiger partial charge in [-0.15, -0.1) is 0 Å². The number of hydrogen-bond donors (Lipinski definition) is 1. The molecule has 3 nitrogen and oxygen atoms in total. The molecule has 0 bridgehead atoms. The minimum atomic E-state index is 0.806. The number of benzene rings is 2. The summed E-state index contributed by atoms with van der Waals surface area (Å²) >= 11 is 0. The van der Waals surface area contributed by atoms with Gasteiger partial charge < -0.3 is 5.73 Å². The maximum Gasteiger partial charge on any atom is 0.0721 e. The zero-order valence-electron chi connectivity index (χ0n) is 11.9. The zero-order valence-corrected chi connectivity index (χ0v) is 11.9. The van der Waals surface area contributed by atoms with E-state index in [-0.39, 0.29) is 0 Å². The lowest BCUT2D eigenvalue weighted by Gasteiger charge is -2.13. The molecule has 0 aliphatic carbocycles. The minimum Gasteiger partial charge on any atom is -0.398 e. The lowest BCUT2D eigenvalue weighted by atomic mass is 10.0. The van der Waals surface area contributed by atoms with Crippen molar-refractivity contribution in [2.45, 2.75) is 20.3 Å². The van der Waals surface area contributed by atoms with Crippen molar-refractivity contribution in [2.75, 3.05) is 17.3 Å². The quantitative estimate of drug-likeness (QED) is 0.844. The maximum absolute atomic E-state index is 6.07. The highest BCUT2D eigenvalue weighted by Crippen LogP contribution is 2.24. The van der Waals surface area contributed by atoms with Crippen molar-refractivity contribution in [3.63, 3.8) is 0 Å². The molecule has 2 N–H and O–H groups in total. The summed E-state index contributed by atoms with van der Waals surface area (Å²) in [4.78, 5) is 0. The molecule has 0 spiro atoms. The third-order valence-electron chi connectivity index (χ3n) is 3.65. The molecule has 102 valence electrons. The summed E-state index contributed by atoms with van der Waals surface area (Å²) in [6, 6.07) is 14.6. The van der Waals surface area contributed by atoms with Crippen molar-refractivity contribution < 1.29 is 0 Å². The van der Waals surface area contributed by atoms with Crippen LogP contribution in [0.4, 0.5) is 11.4 Å². The second-order valence-electron chi connectivity index (χ2n) is 5.35. The van der Waals surface area contributed by atoms with Crippen molar-refractivity contribution in [3.8, 4) is 0 Å². The average molecular weight is 265 g/mol. The molecule has 2 aromatic carbocycles. The fourth-order valence-electron chi connectivity index (χ4n) is 2.47. The fraction of sp³-hybridized carbons (Fsp3) is 0.235. The van der Waals surface area contributed by atoms with E-state index in [9.17, 15) is 0 Å². The average Bonchev–Trinajstić information content (AvgIpc) is 2.92. The number of hydrogen-bond acceptors (Lipinski definition) is 3. The largest absolute Gasteiger partial charge is 0.398 e. The zero-order chi connectivity index (χ0) is 14.1. The number of nitrogen functional groups attached to an aromatic ring is 1.